The fourth-order valence-electron chi connectivity index (χ4n) is 5.03. The lowest BCUT2D eigenvalue weighted by Gasteiger charge is -2.31. The Labute approximate surface area is 215 Å². The number of rotatable bonds is 5. The van der Waals surface area contributed by atoms with Crippen molar-refractivity contribution in [3.05, 3.63) is 96.8 Å². The van der Waals surface area contributed by atoms with Crippen molar-refractivity contribution in [1.29, 1.82) is 0 Å². The molecular weight excluding hydrogens is 460 g/mol. The van der Waals surface area contributed by atoms with Crippen LogP contribution in [0.3, 0.4) is 0 Å². The predicted octanol–water partition coefficient (Wildman–Crippen LogP) is 5.73. The Balaban J connectivity index is 1.26. The molecule has 37 heavy (non-hydrogen) atoms. The van der Waals surface area contributed by atoms with E-state index in [1.54, 1.807) is 13.1 Å². The van der Waals surface area contributed by atoms with E-state index in [9.17, 15) is 4.79 Å². The van der Waals surface area contributed by atoms with Gasteiger partial charge in [-0.05, 0) is 66.8 Å². The predicted molar refractivity (Wildman–Crippen MR) is 144 cm³/mol. The number of benzene rings is 2. The molecule has 0 saturated carbocycles. The van der Waals surface area contributed by atoms with Gasteiger partial charge in [-0.2, -0.15) is 0 Å². The van der Waals surface area contributed by atoms with E-state index >= 15 is 0 Å². The largest absolute Gasteiger partial charge is 0.343 e. The van der Waals surface area contributed by atoms with Crippen LogP contribution in [0.5, 0.6) is 0 Å². The fraction of sp³-hybridized carbons (Fsp3) is 0.200. The van der Waals surface area contributed by atoms with Crippen molar-refractivity contribution in [2.24, 2.45) is 0 Å². The van der Waals surface area contributed by atoms with Crippen molar-refractivity contribution in [3.8, 4) is 22.6 Å². The van der Waals surface area contributed by atoms with Crippen LogP contribution < -0.4 is 5.32 Å². The smallest absolute Gasteiger partial charge is 0.227 e. The van der Waals surface area contributed by atoms with Crippen LogP contribution in [0.2, 0.25) is 0 Å². The number of imidazole rings is 1. The van der Waals surface area contributed by atoms with E-state index in [1.165, 1.54) is 5.56 Å². The summed E-state index contributed by atoms with van der Waals surface area (Å²) in [6, 6.07) is 27.3. The third-order valence-electron chi connectivity index (χ3n) is 6.99. The summed E-state index contributed by atoms with van der Waals surface area (Å²) in [4.78, 5) is 27.8. The number of piperidine rings is 1. The number of amides is 1. The van der Waals surface area contributed by atoms with Crippen LogP contribution in [-0.2, 0) is 4.79 Å². The number of pyridine rings is 1. The zero-order chi connectivity index (χ0) is 25.2. The third kappa shape index (κ3) is 4.68. The van der Waals surface area contributed by atoms with E-state index in [0.29, 0.717) is 11.9 Å². The molecule has 7 heteroatoms. The second kappa shape index (κ2) is 9.85. The normalized spacial score (nSPS) is 14.1. The molecule has 7 nitrogen and oxygen atoms in total. The number of likely N-dealkylation sites (tertiary alicyclic amines) is 1. The number of carbonyl (C=O) groups is 1. The van der Waals surface area contributed by atoms with Crippen LogP contribution in [0.25, 0.3) is 28.3 Å². The van der Waals surface area contributed by atoms with Crippen molar-refractivity contribution >= 4 is 23.2 Å². The van der Waals surface area contributed by atoms with Crippen LogP contribution in [0.1, 0.15) is 31.2 Å². The molecule has 183 valence electrons. The molecule has 5 aromatic rings. The zero-order valence-electron chi connectivity index (χ0n) is 20.6. The average Bonchev–Trinajstić information content (AvgIpc) is 3.34. The summed E-state index contributed by atoms with van der Waals surface area (Å²) in [7, 11) is 0. The first-order chi connectivity index (χ1) is 18.2. The summed E-state index contributed by atoms with van der Waals surface area (Å²) < 4.78 is 2.06. The molecule has 6 rings (SSSR count). The lowest BCUT2D eigenvalue weighted by atomic mass is 9.89. The summed E-state index contributed by atoms with van der Waals surface area (Å²) >= 11 is 0. The monoisotopic (exact) mass is 487 g/mol. The summed E-state index contributed by atoms with van der Waals surface area (Å²) in [6.45, 7) is 3.30. The molecule has 0 spiro atoms. The van der Waals surface area contributed by atoms with E-state index < -0.39 is 0 Å². The molecule has 0 aliphatic carbocycles. The van der Waals surface area contributed by atoms with Gasteiger partial charge < -0.3 is 10.2 Å². The molecule has 0 bridgehead atoms. The maximum Gasteiger partial charge on any atom is 0.227 e. The van der Waals surface area contributed by atoms with Gasteiger partial charge in [0, 0.05) is 43.7 Å². The van der Waals surface area contributed by atoms with Gasteiger partial charge in [0.15, 0.2) is 0 Å². The van der Waals surface area contributed by atoms with Gasteiger partial charge >= 0.3 is 0 Å². The minimum Gasteiger partial charge on any atom is -0.343 e. The highest BCUT2D eigenvalue weighted by atomic mass is 16.2. The minimum atomic E-state index is 0.165. The van der Waals surface area contributed by atoms with Gasteiger partial charge in [-0.15, -0.1) is 0 Å². The Bertz CT molecular complexity index is 1540. The number of aromatic nitrogens is 4. The minimum absolute atomic E-state index is 0.165. The van der Waals surface area contributed by atoms with Crippen molar-refractivity contribution in [1.82, 2.24) is 24.3 Å². The zero-order valence-corrected chi connectivity index (χ0v) is 20.6. The number of nitrogens with one attached hydrogen (secondary N) is 1. The average molecular weight is 488 g/mol. The lowest BCUT2D eigenvalue weighted by molar-refractivity contribution is -0.129. The Morgan fingerprint density at radius 1 is 1.00 bits per heavy atom. The highest BCUT2D eigenvalue weighted by Crippen LogP contribution is 2.33. The molecule has 1 saturated heterocycles. The van der Waals surface area contributed by atoms with Gasteiger partial charge in [0.1, 0.15) is 5.65 Å². The summed E-state index contributed by atoms with van der Waals surface area (Å²) in [5.41, 5.74) is 6.62. The molecule has 0 unspecified atom stereocenters. The summed E-state index contributed by atoms with van der Waals surface area (Å²) in [5.74, 6) is 1.17. The molecule has 1 fully saturated rings. The van der Waals surface area contributed by atoms with Crippen molar-refractivity contribution in [2.45, 2.75) is 25.7 Å². The fourth-order valence-corrected chi connectivity index (χ4v) is 5.03. The van der Waals surface area contributed by atoms with E-state index in [4.69, 9.17) is 9.97 Å². The highest BCUT2D eigenvalue weighted by molar-refractivity contribution is 5.80. The van der Waals surface area contributed by atoms with E-state index in [0.717, 1.165) is 59.9 Å². The Kier molecular flexibility index (Phi) is 6.10. The van der Waals surface area contributed by atoms with Crippen LogP contribution in [-0.4, -0.2) is 43.2 Å². The highest BCUT2D eigenvalue weighted by Gasteiger charge is 2.22. The standard InChI is InChI=1S/C30H27N6O/c1-21(37)35-19-15-23(16-20-35)22-10-12-25(13-11-22)32-30-31-17-14-26(33-30)29-28(24-7-3-2-4-8-24)34-27-9-5-6-18-36(27)29/h2-3,5-14,17-18,23H,15-16,19-20H2,1H3,(H,31,32,33). The maximum atomic E-state index is 11.6. The topological polar surface area (TPSA) is 75.4 Å². The van der Waals surface area contributed by atoms with Gasteiger partial charge in [0.25, 0.3) is 0 Å². The molecular formula is C30H27N6O. The van der Waals surface area contributed by atoms with E-state index in [-0.39, 0.29) is 5.91 Å². The van der Waals surface area contributed by atoms with Gasteiger partial charge in [-0.3, -0.25) is 9.20 Å². The quantitative estimate of drug-likeness (QED) is 0.343. The molecule has 4 heterocycles. The number of carbonyl (C=O) groups excluding carboxylic acids is 1. The van der Waals surface area contributed by atoms with Crippen LogP contribution >= 0.6 is 0 Å². The molecule has 1 aliphatic heterocycles. The Morgan fingerprint density at radius 2 is 1.84 bits per heavy atom. The van der Waals surface area contributed by atoms with Gasteiger partial charge in [0.2, 0.25) is 11.9 Å². The SMILES string of the molecule is CC(=O)N1CCC(c2ccc(Nc3nccc(-c4c(-c5c[c]ccc5)nc5ccccn45)n3)cc2)CC1. The van der Waals surface area contributed by atoms with Crippen LogP contribution in [0.4, 0.5) is 11.6 Å². The molecule has 3 aromatic heterocycles. The van der Waals surface area contributed by atoms with Crippen LogP contribution in [0, 0.1) is 6.07 Å². The summed E-state index contributed by atoms with van der Waals surface area (Å²) in [5, 5.41) is 3.35. The Morgan fingerprint density at radius 3 is 2.59 bits per heavy atom. The van der Waals surface area contributed by atoms with Crippen molar-refractivity contribution in [3.63, 3.8) is 0 Å². The third-order valence-corrected chi connectivity index (χ3v) is 6.99. The number of hydrogen-bond acceptors (Lipinski definition) is 5. The second-order valence-electron chi connectivity index (χ2n) is 9.32. The van der Waals surface area contributed by atoms with Gasteiger partial charge in [-0.1, -0.05) is 36.4 Å². The first-order valence-corrected chi connectivity index (χ1v) is 12.6. The number of fused-ring (bicyclic) bond motifs is 1. The first kappa shape index (κ1) is 22.9. The first-order valence-electron chi connectivity index (χ1n) is 12.6. The Hall–Kier alpha value is -4.52. The second-order valence-corrected chi connectivity index (χ2v) is 9.32. The molecule has 1 amide bonds. The van der Waals surface area contributed by atoms with E-state index in [1.807, 2.05) is 59.6 Å². The number of nitrogens with zero attached hydrogens (tertiary/aromatic N) is 5. The van der Waals surface area contributed by atoms with Crippen molar-refractivity contribution < 1.29 is 4.79 Å². The van der Waals surface area contributed by atoms with Gasteiger partial charge in [0.05, 0.1) is 17.1 Å². The van der Waals surface area contributed by atoms with Crippen molar-refractivity contribution in [2.75, 3.05) is 18.4 Å². The maximum absolute atomic E-state index is 11.6. The number of hydrogen-bond donors (Lipinski definition) is 1. The van der Waals surface area contributed by atoms with Gasteiger partial charge in [-0.25, -0.2) is 15.0 Å². The lowest BCUT2D eigenvalue weighted by Crippen LogP contribution is -2.36. The van der Waals surface area contributed by atoms with E-state index in [2.05, 4.69) is 45.0 Å². The molecule has 1 radical (unpaired) electrons. The molecule has 1 N–H and O–H groups in total. The summed E-state index contributed by atoms with van der Waals surface area (Å²) in [6.07, 6.45) is 5.77. The molecule has 1 aliphatic rings. The molecule has 0 atom stereocenters. The number of anilines is 2. The molecule has 2 aromatic carbocycles. The van der Waals surface area contributed by atoms with Crippen LogP contribution in [0.15, 0.2) is 85.2 Å².